The van der Waals surface area contributed by atoms with Crippen molar-refractivity contribution in [2.45, 2.75) is 38.4 Å². The van der Waals surface area contributed by atoms with Gasteiger partial charge in [0, 0.05) is 13.1 Å². The van der Waals surface area contributed by atoms with Gasteiger partial charge in [-0.3, -0.25) is 9.78 Å². The molecule has 1 amide bonds. The summed E-state index contributed by atoms with van der Waals surface area (Å²) in [6, 6.07) is 13.8. The number of halogens is 1. The fourth-order valence-corrected chi connectivity index (χ4v) is 3.70. The zero-order chi connectivity index (χ0) is 19.5. The Labute approximate surface area is 163 Å². The minimum absolute atomic E-state index is 0.0804. The van der Waals surface area contributed by atoms with E-state index in [-0.39, 0.29) is 23.8 Å². The number of piperidine rings is 1. The molecule has 2 unspecified atom stereocenters. The summed E-state index contributed by atoms with van der Waals surface area (Å²) in [5.74, 6) is -0.186. The van der Waals surface area contributed by atoms with Gasteiger partial charge in [-0.15, -0.1) is 0 Å². The SMILES string of the molecule is CC(c1ccc(F)cc1)N1CCCC(NCc2cnc3ccccc3n2)C1=O. The van der Waals surface area contributed by atoms with E-state index in [0.29, 0.717) is 13.1 Å². The van der Waals surface area contributed by atoms with Crippen molar-refractivity contribution in [1.29, 1.82) is 0 Å². The molecular formula is C22H23FN4O. The lowest BCUT2D eigenvalue weighted by atomic mass is 9.99. The van der Waals surface area contributed by atoms with E-state index >= 15 is 0 Å². The maximum Gasteiger partial charge on any atom is 0.240 e. The van der Waals surface area contributed by atoms with Gasteiger partial charge in [0.2, 0.25) is 5.91 Å². The number of nitrogens with zero attached hydrogens (tertiary/aromatic N) is 3. The number of hydrogen-bond donors (Lipinski definition) is 1. The van der Waals surface area contributed by atoms with E-state index in [2.05, 4.69) is 15.3 Å². The molecule has 0 saturated carbocycles. The van der Waals surface area contributed by atoms with Gasteiger partial charge in [-0.05, 0) is 49.6 Å². The van der Waals surface area contributed by atoms with E-state index in [9.17, 15) is 9.18 Å². The third-order valence-electron chi connectivity index (χ3n) is 5.32. The third-order valence-corrected chi connectivity index (χ3v) is 5.32. The zero-order valence-electron chi connectivity index (χ0n) is 15.8. The number of para-hydroxylation sites is 2. The lowest BCUT2D eigenvalue weighted by Gasteiger charge is -2.37. The van der Waals surface area contributed by atoms with Gasteiger partial charge < -0.3 is 10.2 Å². The molecule has 28 heavy (non-hydrogen) atoms. The van der Waals surface area contributed by atoms with E-state index in [1.54, 1.807) is 18.3 Å². The van der Waals surface area contributed by atoms with Gasteiger partial charge in [-0.2, -0.15) is 0 Å². The van der Waals surface area contributed by atoms with Crippen molar-refractivity contribution in [3.63, 3.8) is 0 Å². The number of likely N-dealkylation sites (tertiary alicyclic amines) is 1. The standard InChI is InChI=1S/C22H23FN4O/c1-15(16-8-10-17(23)11-9-16)27-12-4-7-21(22(27)28)25-14-18-13-24-19-5-2-3-6-20(19)26-18/h2-3,5-6,8-11,13,15,21,25H,4,7,12,14H2,1H3. The highest BCUT2D eigenvalue weighted by atomic mass is 19.1. The van der Waals surface area contributed by atoms with E-state index in [1.807, 2.05) is 36.1 Å². The number of carbonyl (C=O) groups excluding carboxylic acids is 1. The number of fused-ring (bicyclic) bond motifs is 1. The van der Waals surface area contributed by atoms with Crippen molar-refractivity contribution in [2.75, 3.05) is 6.54 Å². The number of carbonyl (C=O) groups is 1. The Hall–Kier alpha value is -2.86. The first-order chi connectivity index (χ1) is 13.6. The molecule has 144 valence electrons. The van der Waals surface area contributed by atoms with Crippen LogP contribution in [0.1, 0.15) is 37.1 Å². The topological polar surface area (TPSA) is 58.1 Å². The van der Waals surface area contributed by atoms with Crippen LogP contribution < -0.4 is 5.32 Å². The third kappa shape index (κ3) is 3.87. The fourth-order valence-electron chi connectivity index (χ4n) is 3.70. The van der Waals surface area contributed by atoms with Crippen LogP contribution in [0.2, 0.25) is 0 Å². The lowest BCUT2D eigenvalue weighted by Crippen LogP contribution is -2.51. The first-order valence-electron chi connectivity index (χ1n) is 9.62. The summed E-state index contributed by atoms with van der Waals surface area (Å²) in [5.41, 5.74) is 3.47. The highest BCUT2D eigenvalue weighted by molar-refractivity contribution is 5.83. The van der Waals surface area contributed by atoms with Crippen LogP contribution in [0.5, 0.6) is 0 Å². The zero-order valence-corrected chi connectivity index (χ0v) is 15.8. The van der Waals surface area contributed by atoms with E-state index in [1.165, 1.54) is 12.1 Å². The summed E-state index contributed by atoms with van der Waals surface area (Å²) in [7, 11) is 0. The summed E-state index contributed by atoms with van der Waals surface area (Å²) >= 11 is 0. The molecule has 6 heteroatoms. The monoisotopic (exact) mass is 378 g/mol. The van der Waals surface area contributed by atoms with E-state index in [4.69, 9.17) is 0 Å². The molecule has 1 saturated heterocycles. The summed E-state index contributed by atoms with van der Waals surface area (Å²) in [5, 5.41) is 3.34. The fraction of sp³-hybridized carbons (Fsp3) is 0.318. The first-order valence-corrected chi connectivity index (χ1v) is 9.62. The molecule has 5 nitrogen and oxygen atoms in total. The average molecular weight is 378 g/mol. The Kier molecular flexibility index (Phi) is 5.30. The molecule has 4 rings (SSSR count). The summed E-state index contributed by atoms with van der Waals surface area (Å²) in [6.07, 6.45) is 3.48. The van der Waals surface area contributed by atoms with Gasteiger partial charge in [0.15, 0.2) is 0 Å². The Morgan fingerprint density at radius 3 is 2.71 bits per heavy atom. The van der Waals surface area contributed by atoms with Crippen LogP contribution in [-0.2, 0) is 11.3 Å². The molecule has 1 aliphatic rings. The first kappa shape index (κ1) is 18.5. The summed E-state index contributed by atoms with van der Waals surface area (Å²) < 4.78 is 13.2. The van der Waals surface area contributed by atoms with Crippen molar-refractivity contribution in [3.05, 3.63) is 71.8 Å². The van der Waals surface area contributed by atoms with E-state index < -0.39 is 0 Å². The number of nitrogens with one attached hydrogen (secondary N) is 1. The summed E-state index contributed by atoms with van der Waals surface area (Å²) in [6.45, 7) is 3.20. The number of aromatic nitrogens is 2. The van der Waals surface area contributed by atoms with Crippen molar-refractivity contribution in [2.24, 2.45) is 0 Å². The molecule has 0 spiro atoms. The summed E-state index contributed by atoms with van der Waals surface area (Å²) in [4.78, 5) is 23.9. The predicted octanol–water partition coefficient (Wildman–Crippen LogP) is 3.61. The molecule has 0 radical (unpaired) electrons. The molecule has 2 atom stereocenters. The second kappa shape index (κ2) is 8.02. The van der Waals surface area contributed by atoms with Gasteiger partial charge in [0.1, 0.15) is 5.82 Å². The quantitative estimate of drug-likeness (QED) is 0.737. The van der Waals surface area contributed by atoms with Crippen molar-refractivity contribution in [3.8, 4) is 0 Å². The van der Waals surface area contributed by atoms with Gasteiger partial charge in [0.25, 0.3) is 0 Å². The normalized spacial score (nSPS) is 18.4. The van der Waals surface area contributed by atoms with Crippen LogP contribution in [0.4, 0.5) is 4.39 Å². The largest absolute Gasteiger partial charge is 0.335 e. The Morgan fingerprint density at radius 2 is 1.93 bits per heavy atom. The van der Waals surface area contributed by atoms with Gasteiger partial charge in [-0.25, -0.2) is 9.37 Å². The number of hydrogen-bond acceptors (Lipinski definition) is 4. The Balaban J connectivity index is 1.43. The minimum Gasteiger partial charge on any atom is -0.335 e. The molecular weight excluding hydrogens is 355 g/mol. The molecule has 1 aliphatic heterocycles. The van der Waals surface area contributed by atoms with Gasteiger partial charge in [0.05, 0.1) is 35.0 Å². The number of amides is 1. The molecule has 1 N–H and O–H groups in total. The van der Waals surface area contributed by atoms with Crippen LogP contribution in [0.15, 0.2) is 54.7 Å². The molecule has 0 aliphatic carbocycles. The van der Waals surface area contributed by atoms with Gasteiger partial charge >= 0.3 is 0 Å². The molecule has 2 heterocycles. The predicted molar refractivity (Wildman–Crippen MR) is 106 cm³/mol. The van der Waals surface area contributed by atoms with Crippen LogP contribution in [-0.4, -0.2) is 33.4 Å². The maximum absolute atomic E-state index is 13.2. The second-order valence-corrected chi connectivity index (χ2v) is 7.18. The van der Waals surface area contributed by atoms with Crippen LogP contribution in [0, 0.1) is 5.82 Å². The second-order valence-electron chi connectivity index (χ2n) is 7.18. The van der Waals surface area contributed by atoms with Crippen LogP contribution in [0.3, 0.4) is 0 Å². The Morgan fingerprint density at radius 1 is 1.18 bits per heavy atom. The molecule has 1 aromatic heterocycles. The number of rotatable bonds is 5. The smallest absolute Gasteiger partial charge is 0.240 e. The lowest BCUT2D eigenvalue weighted by molar-refractivity contribution is -0.138. The Bertz CT molecular complexity index is 976. The van der Waals surface area contributed by atoms with Gasteiger partial charge in [-0.1, -0.05) is 24.3 Å². The minimum atomic E-state index is -0.267. The van der Waals surface area contributed by atoms with E-state index in [0.717, 1.165) is 35.1 Å². The molecule has 3 aromatic rings. The van der Waals surface area contributed by atoms with Crippen molar-refractivity contribution >= 4 is 16.9 Å². The number of benzene rings is 2. The van der Waals surface area contributed by atoms with Crippen LogP contribution in [0.25, 0.3) is 11.0 Å². The van der Waals surface area contributed by atoms with Crippen molar-refractivity contribution in [1.82, 2.24) is 20.2 Å². The molecule has 2 aromatic carbocycles. The average Bonchev–Trinajstić information content (AvgIpc) is 2.73. The van der Waals surface area contributed by atoms with Crippen LogP contribution >= 0.6 is 0 Å². The highest BCUT2D eigenvalue weighted by Gasteiger charge is 2.31. The molecule has 0 bridgehead atoms. The maximum atomic E-state index is 13.2. The molecule has 1 fully saturated rings. The highest BCUT2D eigenvalue weighted by Crippen LogP contribution is 2.25. The van der Waals surface area contributed by atoms with Crippen molar-refractivity contribution < 1.29 is 9.18 Å².